The maximum absolute atomic E-state index is 14.3. The summed E-state index contributed by atoms with van der Waals surface area (Å²) in [5, 5.41) is 3.45. The van der Waals surface area contributed by atoms with E-state index in [0.717, 1.165) is 16.8 Å². The van der Waals surface area contributed by atoms with Crippen molar-refractivity contribution in [2.75, 3.05) is 0 Å². The number of benzene rings is 1. The van der Waals surface area contributed by atoms with Crippen molar-refractivity contribution in [1.29, 1.82) is 0 Å². The molecule has 136 valence electrons. The molecule has 1 aromatic heterocycles. The smallest absolute Gasteiger partial charge is 0.388 e. The van der Waals surface area contributed by atoms with Crippen LogP contribution in [-0.2, 0) is 11.8 Å². The summed E-state index contributed by atoms with van der Waals surface area (Å²) in [7, 11) is 1.31. The summed E-state index contributed by atoms with van der Waals surface area (Å²) in [4.78, 5) is 11.6. The average molecular weight is 397 g/mol. The third-order valence-corrected chi connectivity index (χ3v) is 3.73. The van der Waals surface area contributed by atoms with E-state index in [4.69, 9.17) is 27.9 Å². The fourth-order valence-corrected chi connectivity index (χ4v) is 2.53. The Bertz CT molecular complexity index is 797. The van der Waals surface area contributed by atoms with Gasteiger partial charge in [0.05, 0.1) is 5.02 Å². The van der Waals surface area contributed by atoms with Crippen LogP contribution in [0.15, 0.2) is 12.1 Å². The van der Waals surface area contributed by atoms with E-state index in [2.05, 4.69) is 9.84 Å². The fraction of sp³-hybridized carbons (Fsp3) is 0.333. The van der Waals surface area contributed by atoms with Crippen LogP contribution in [0.2, 0.25) is 10.0 Å². The van der Waals surface area contributed by atoms with Gasteiger partial charge in [-0.25, -0.2) is 9.07 Å². The Hall–Kier alpha value is -1.93. The van der Waals surface area contributed by atoms with E-state index in [-0.39, 0.29) is 33.5 Å². The summed E-state index contributed by atoms with van der Waals surface area (Å²) in [5.74, 6) is -1.88. The SMILES string of the molecule is CCCC(=O)Oc1cc(-c2nn(C)c(OC(F)F)c2Cl)c(F)cc1Cl. The van der Waals surface area contributed by atoms with Crippen molar-refractivity contribution in [3.8, 4) is 22.9 Å². The number of aromatic nitrogens is 2. The van der Waals surface area contributed by atoms with E-state index in [1.807, 2.05) is 0 Å². The summed E-state index contributed by atoms with van der Waals surface area (Å²) in [5.41, 5.74) is -0.324. The molecule has 0 fully saturated rings. The van der Waals surface area contributed by atoms with E-state index in [1.54, 1.807) is 6.92 Å². The van der Waals surface area contributed by atoms with Gasteiger partial charge in [0.15, 0.2) is 0 Å². The molecule has 0 unspecified atom stereocenters. The number of hydrogen-bond donors (Lipinski definition) is 0. The molecular weight excluding hydrogens is 384 g/mol. The molecule has 0 radical (unpaired) electrons. The maximum Gasteiger partial charge on any atom is 0.388 e. The van der Waals surface area contributed by atoms with E-state index >= 15 is 0 Å². The maximum atomic E-state index is 14.3. The predicted molar refractivity (Wildman–Crippen MR) is 85.8 cm³/mol. The molecule has 0 bridgehead atoms. The summed E-state index contributed by atoms with van der Waals surface area (Å²) < 4.78 is 49.4. The van der Waals surface area contributed by atoms with Gasteiger partial charge >= 0.3 is 12.6 Å². The van der Waals surface area contributed by atoms with Gasteiger partial charge in [0, 0.05) is 19.0 Å². The van der Waals surface area contributed by atoms with Gasteiger partial charge in [-0.2, -0.15) is 13.9 Å². The van der Waals surface area contributed by atoms with Gasteiger partial charge in [-0.05, 0) is 18.6 Å². The van der Waals surface area contributed by atoms with Crippen LogP contribution in [-0.4, -0.2) is 22.4 Å². The first-order valence-corrected chi connectivity index (χ1v) is 7.87. The number of ether oxygens (including phenoxy) is 2. The van der Waals surface area contributed by atoms with Crippen LogP contribution in [0, 0.1) is 5.82 Å². The zero-order valence-electron chi connectivity index (χ0n) is 13.2. The summed E-state index contributed by atoms with van der Waals surface area (Å²) >= 11 is 11.9. The number of rotatable bonds is 6. The molecule has 25 heavy (non-hydrogen) atoms. The van der Waals surface area contributed by atoms with E-state index < -0.39 is 24.3 Å². The Balaban J connectivity index is 2.47. The molecular formula is C15H13Cl2F3N2O3. The van der Waals surface area contributed by atoms with Crippen molar-refractivity contribution < 1.29 is 27.4 Å². The van der Waals surface area contributed by atoms with Crippen molar-refractivity contribution in [3.05, 3.63) is 28.0 Å². The quantitative estimate of drug-likeness (QED) is 0.517. The predicted octanol–water partition coefficient (Wildman–Crippen LogP) is 4.84. The number of esters is 1. The second-order valence-corrected chi connectivity index (χ2v) is 5.74. The molecule has 1 aromatic carbocycles. The van der Waals surface area contributed by atoms with Crippen LogP contribution in [0.25, 0.3) is 11.3 Å². The highest BCUT2D eigenvalue weighted by atomic mass is 35.5. The molecule has 1 heterocycles. The monoisotopic (exact) mass is 396 g/mol. The fourth-order valence-electron chi connectivity index (χ4n) is 2.03. The highest BCUT2D eigenvalue weighted by Gasteiger charge is 2.24. The number of aryl methyl sites for hydroxylation is 1. The van der Waals surface area contributed by atoms with Crippen molar-refractivity contribution in [2.45, 2.75) is 26.4 Å². The molecule has 0 amide bonds. The largest absolute Gasteiger partial charge is 0.425 e. The summed E-state index contributed by atoms with van der Waals surface area (Å²) in [6.07, 6.45) is 0.713. The van der Waals surface area contributed by atoms with Crippen LogP contribution in [0.3, 0.4) is 0 Å². The minimum atomic E-state index is -3.12. The number of carbonyl (C=O) groups is 1. The van der Waals surface area contributed by atoms with Gasteiger partial charge < -0.3 is 9.47 Å². The minimum absolute atomic E-state index is 0.0884. The lowest BCUT2D eigenvalue weighted by atomic mass is 10.1. The molecule has 0 aliphatic rings. The van der Waals surface area contributed by atoms with Crippen LogP contribution < -0.4 is 9.47 Å². The molecule has 0 atom stereocenters. The number of halogens is 5. The number of alkyl halides is 2. The highest BCUT2D eigenvalue weighted by molar-refractivity contribution is 6.34. The van der Waals surface area contributed by atoms with Crippen molar-refractivity contribution in [2.24, 2.45) is 7.05 Å². The Morgan fingerprint density at radius 3 is 2.64 bits per heavy atom. The first kappa shape index (κ1) is 19.4. The van der Waals surface area contributed by atoms with Crippen molar-refractivity contribution in [3.63, 3.8) is 0 Å². The zero-order valence-corrected chi connectivity index (χ0v) is 14.7. The summed E-state index contributed by atoms with van der Waals surface area (Å²) in [6, 6.07) is 2.05. The molecule has 0 saturated carbocycles. The Morgan fingerprint density at radius 1 is 1.36 bits per heavy atom. The molecule has 0 spiro atoms. The third kappa shape index (κ3) is 4.38. The lowest BCUT2D eigenvalue weighted by Crippen LogP contribution is -2.07. The first-order valence-electron chi connectivity index (χ1n) is 7.12. The van der Waals surface area contributed by atoms with Crippen LogP contribution in [0.1, 0.15) is 19.8 Å². The lowest BCUT2D eigenvalue weighted by molar-refractivity contribution is -0.134. The molecule has 2 rings (SSSR count). The summed E-state index contributed by atoms with van der Waals surface area (Å²) in [6.45, 7) is -1.33. The Labute approximate surface area is 151 Å². The molecule has 10 heteroatoms. The van der Waals surface area contributed by atoms with Gasteiger partial charge in [0.2, 0.25) is 5.88 Å². The number of nitrogens with zero attached hydrogens (tertiary/aromatic N) is 2. The molecule has 0 N–H and O–H groups in total. The van der Waals surface area contributed by atoms with Gasteiger partial charge in [-0.15, -0.1) is 0 Å². The first-order chi connectivity index (χ1) is 11.7. The van der Waals surface area contributed by atoms with Gasteiger partial charge in [0.25, 0.3) is 0 Å². The molecule has 2 aromatic rings. The highest BCUT2D eigenvalue weighted by Crippen LogP contribution is 2.39. The minimum Gasteiger partial charge on any atom is -0.425 e. The van der Waals surface area contributed by atoms with Gasteiger partial charge in [0.1, 0.15) is 22.3 Å². The van der Waals surface area contributed by atoms with E-state index in [9.17, 15) is 18.0 Å². The zero-order chi connectivity index (χ0) is 18.7. The number of carbonyl (C=O) groups excluding carboxylic acids is 1. The van der Waals surface area contributed by atoms with Crippen molar-refractivity contribution >= 4 is 29.2 Å². The average Bonchev–Trinajstić information content (AvgIpc) is 2.78. The third-order valence-electron chi connectivity index (χ3n) is 3.09. The second-order valence-electron chi connectivity index (χ2n) is 4.96. The van der Waals surface area contributed by atoms with E-state index in [1.165, 1.54) is 7.05 Å². The van der Waals surface area contributed by atoms with Gasteiger partial charge in [-0.3, -0.25) is 4.79 Å². The molecule has 0 aliphatic carbocycles. The molecule has 5 nitrogen and oxygen atoms in total. The Kier molecular flexibility index (Phi) is 6.18. The standard InChI is InChI=1S/C15H13Cl2F3N2O3/c1-3-4-11(23)24-10-5-7(9(18)6-8(10)16)13-12(17)14(22(2)21-13)25-15(19)20/h5-6,15H,3-4H2,1-2H3. The van der Waals surface area contributed by atoms with E-state index in [0.29, 0.717) is 6.42 Å². The van der Waals surface area contributed by atoms with Crippen LogP contribution >= 0.6 is 23.2 Å². The topological polar surface area (TPSA) is 53.3 Å². The molecule has 0 aliphatic heterocycles. The van der Waals surface area contributed by atoms with Crippen molar-refractivity contribution in [1.82, 2.24) is 9.78 Å². The van der Waals surface area contributed by atoms with Gasteiger partial charge in [-0.1, -0.05) is 30.1 Å². The number of hydrogen-bond acceptors (Lipinski definition) is 4. The lowest BCUT2D eigenvalue weighted by Gasteiger charge is -2.09. The molecule has 0 saturated heterocycles. The second kappa shape index (κ2) is 7.97. The van der Waals surface area contributed by atoms with Crippen LogP contribution in [0.4, 0.5) is 13.2 Å². The normalized spacial score (nSPS) is 11.0. The van der Waals surface area contributed by atoms with Crippen LogP contribution in [0.5, 0.6) is 11.6 Å². The Morgan fingerprint density at radius 2 is 2.04 bits per heavy atom.